The topological polar surface area (TPSA) is 80.5 Å². The Hall–Kier alpha value is -1.66. The molecule has 0 aromatic carbocycles. The monoisotopic (exact) mass is 320 g/mol. The molecule has 6 nitrogen and oxygen atoms in total. The third-order valence-corrected chi connectivity index (χ3v) is 3.90. The number of anilines is 1. The number of ether oxygens (including phenoxy) is 1. The molecule has 1 unspecified atom stereocenters. The van der Waals surface area contributed by atoms with Gasteiger partial charge >= 0.3 is 0 Å². The molecule has 1 aromatic rings. The molecule has 1 saturated heterocycles. The van der Waals surface area contributed by atoms with Crippen molar-refractivity contribution in [3.05, 3.63) is 23.9 Å². The summed E-state index contributed by atoms with van der Waals surface area (Å²) in [4.78, 5) is 18.6. The summed E-state index contributed by atoms with van der Waals surface area (Å²) >= 11 is 0. The van der Waals surface area contributed by atoms with Crippen molar-refractivity contribution in [1.29, 1.82) is 0 Å². The number of carbonyl (C=O) groups is 1. The van der Waals surface area contributed by atoms with Crippen molar-refractivity contribution in [2.24, 2.45) is 11.7 Å². The van der Waals surface area contributed by atoms with Crippen molar-refractivity contribution in [3.63, 3.8) is 0 Å². The molecule has 1 amide bonds. The second kappa shape index (κ2) is 8.26. The minimum atomic E-state index is -0.447. The van der Waals surface area contributed by atoms with Crippen molar-refractivity contribution in [2.45, 2.75) is 45.9 Å². The molecule has 0 spiro atoms. The molecule has 1 fully saturated rings. The van der Waals surface area contributed by atoms with Crippen LogP contribution in [0, 0.1) is 5.92 Å². The summed E-state index contributed by atoms with van der Waals surface area (Å²) in [5, 5.41) is 2.87. The van der Waals surface area contributed by atoms with Crippen LogP contribution in [0.1, 0.15) is 32.8 Å². The van der Waals surface area contributed by atoms with Gasteiger partial charge in [-0.2, -0.15) is 0 Å². The summed E-state index contributed by atoms with van der Waals surface area (Å²) in [5.74, 6) is 1.25. The number of amides is 1. The first-order chi connectivity index (χ1) is 11.0. The maximum atomic E-state index is 11.9. The Bertz CT molecular complexity index is 504. The molecule has 0 saturated carbocycles. The SMILES string of the molecule is CC(C)C[C@H](N)C(=O)NCc1ccc(N2CCOC(C)C2)nc1. The van der Waals surface area contributed by atoms with Gasteiger partial charge in [-0.1, -0.05) is 19.9 Å². The highest BCUT2D eigenvalue weighted by molar-refractivity contribution is 5.81. The van der Waals surface area contributed by atoms with Crippen LogP contribution in [0.2, 0.25) is 0 Å². The number of hydrogen-bond acceptors (Lipinski definition) is 5. The fourth-order valence-corrected chi connectivity index (χ4v) is 2.67. The minimum Gasteiger partial charge on any atom is -0.375 e. The maximum Gasteiger partial charge on any atom is 0.237 e. The predicted octanol–water partition coefficient (Wildman–Crippen LogP) is 1.30. The molecule has 0 aliphatic carbocycles. The van der Waals surface area contributed by atoms with E-state index in [2.05, 4.69) is 36.0 Å². The van der Waals surface area contributed by atoms with E-state index >= 15 is 0 Å². The van der Waals surface area contributed by atoms with E-state index in [4.69, 9.17) is 10.5 Å². The molecule has 23 heavy (non-hydrogen) atoms. The first-order valence-electron chi connectivity index (χ1n) is 8.30. The zero-order valence-electron chi connectivity index (χ0n) is 14.3. The molecule has 1 aliphatic rings. The van der Waals surface area contributed by atoms with Crippen molar-refractivity contribution < 1.29 is 9.53 Å². The van der Waals surface area contributed by atoms with Gasteiger partial charge < -0.3 is 20.7 Å². The molecule has 2 rings (SSSR count). The highest BCUT2D eigenvalue weighted by Gasteiger charge is 2.18. The molecule has 0 bridgehead atoms. The lowest BCUT2D eigenvalue weighted by Gasteiger charge is -2.32. The van der Waals surface area contributed by atoms with Gasteiger partial charge in [0.1, 0.15) is 5.82 Å². The molecule has 3 N–H and O–H groups in total. The van der Waals surface area contributed by atoms with E-state index in [1.807, 2.05) is 18.3 Å². The van der Waals surface area contributed by atoms with Gasteiger partial charge in [-0.05, 0) is 30.9 Å². The maximum absolute atomic E-state index is 11.9. The Morgan fingerprint density at radius 2 is 2.30 bits per heavy atom. The number of morpholine rings is 1. The number of pyridine rings is 1. The first kappa shape index (κ1) is 17.7. The van der Waals surface area contributed by atoms with E-state index in [0.29, 0.717) is 18.9 Å². The van der Waals surface area contributed by atoms with Gasteiger partial charge in [-0.3, -0.25) is 4.79 Å². The Morgan fingerprint density at radius 3 is 2.91 bits per heavy atom. The average Bonchev–Trinajstić information content (AvgIpc) is 2.52. The van der Waals surface area contributed by atoms with E-state index in [1.54, 1.807) is 0 Å². The Morgan fingerprint density at radius 1 is 1.52 bits per heavy atom. The van der Waals surface area contributed by atoms with E-state index < -0.39 is 6.04 Å². The van der Waals surface area contributed by atoms with Crippen LogP contribution in [0.5, 0.6) is 0 Å². The third-order valence-electron chi connectivity index (χ3n) is 3.90. The van der Waals surface area contributed by atoms with Crippen LogP contribution in [0.25, 0.3) is 0 Å². The van der Waals surface area contributed by atoms with E-state index in [-0.39, 0.29) is 12.0 Å². The van der Waals surface area contributed by atoms with E-state index in [9.17, 15) is 4.79 Å². The number of carbonyl (C=O) groups excluding carboxylic acids is 1. The Balaban J connectivity index is 1.84. The lowest BCUT2D eigenvalue weighted by molar-refractivity contribution is -0.122. The van der Waals surface area contributed by atoms with Gasteiger partial charge in [0.25, 0.3) is 0 Å². The van der Waals surface area contributed by atoms with Crippen LogP contribution >= 0.6 is 0 Å². The van der Waals surface area contributed by atoms with Gasteiger partial charge in [0, 0.05) is 25.8 Å². The second-order valence-electron chi connectivity index (χ2n) is 6.61. The summed E-state index contributed by atoms with van der Waals surface area (Å²) in [7, 11) is 0. The molecule has 1 aromatic heterocycles. The van der Waals surface area contributed by atoms with Gasteiger partial charge in [0.2, 0.25) is 5.91 Å². The normalized spacial score (nSPS) is 19.7. The average molecular weight is 320 g/mol. The van der Waals surface area contributed by atoms with Crippen LogP contribution in [-0.2, 0) is 16.1 Å². The summed E-state index contributed by atoms with van der Waals surface area (Å²) in [6.45, 7) is 9.08. The van der Waals surface area contributed by atoms with Crippen molar-refractivity contribution >= 4 is 11.7 Å². The fourth-order valence-electron chi connectivity index (χ4n) is 2.67. The summed E-state index contributed by atoms with van der Waals surface area (Å²) in [6, 6.07) is 3.54. The largest absolute Gasteiger partial charge is 0.375 e. The third kappa shape index (κ3) is 5.48. The smallest absolute Gasteiger partial charge is 0.237 e. The molecule has 1 aliphatic heterocycles. The first-order valence-corrected chi connectivity index (χ1v) is 8.30. The molecular formula is C17H28N4O2. The quantitative estimate of drug-likeness (QED) is 0.826. The fraction of sp³-hybridized carbons (Fsp3) is 0.647. The number of hydrogen-bond donors (Lipinski definition) is 2. The Kier molecular flexibility index (Phi) is 6.36. The van der Waals surface area contributed by atoms with Gasteiger partial charge in [-0.25, -0.2) is 4.98 Å². The van der Waals surface area contributed by atoms with Gasteiger partial charge in [0.05, 0.1) is 18.8 Å². The number of aromatic nitrogens is 1. The van der Waals surface area contributed by atoms with Gasteiger partial charge in [-0.15, -0.1) is 0 Å². The highest BCUT2D eigenvalue weighted by atomic mass is 16.5. The van der Waals surface area contributed by atoms with Crippen LogP contribution in [0.3, 0.4) is 0 Å². The second-order valence-corrected chi connectivity index (χ2v) is 6.61. The zero-order chi connectivity index (χ0) is 16.8. The van der Waals surface area contributed by atoms with Crippen LogP contribution in [0.4, 0.5) is 5.82 Å². The highest BCUT2D eigenvalue weighted by Crippen LogP contribution is 2.15. The van der Waals surface area contributed by atoms with Crippen LogP contribution in [-0.4, -0.2) is 42.7 Å². The lowest BCUT2D eigenvalue weighted by atomic mass is 10.0. The molecule has 0 radical (unpaired) electrons. The zero-order valence-corrected chi connectivity index (χ0v) is 14.3. The molecular weight excluding hydrogens is 292 g/mol. The van der Waals surface area contributed by atoms with Crippen LogP contribution in [0.15, 0.2) is 18.3 Å². The Labute approximate surface area is 138 Å². The van der Waals surface area contributed by atoms with Crippen molar-refractivity contribution in [2.75, 3.05) is 24.6 Å². The van der Waals surface area contributed by atoms with Gasteiger partial charge in [0.15, 0.2) is 0 Å². The van der Waals surface area contributed by atoms with Crippen molar-refractivity contribution in [1.82, 2.24) is 10.3 Å². The summed E-state index contributed by atoms with van der Waals surface area (Å²) < 4.78 is 5.54. The number of nitrogens with two attached hydrogens (primary N) is 1. The number of nitrogens with zero attached hydrogens (tertiary/aromatic N) is 2. The molecule has 128 valence electrons. The summed E-state index contributed by atoms with van der Waals surface area (Å²) in [6.07, 6.45) is 2.73. The van der Waals surface area contributed by atoms with E-state index in [1.165, 1.54) is 0 Å². The number of nitrogens with one attached hydrogen (secondary N) is 1. The molecule has 6 heteroatoms. The van der Waals surface area contributed by atoms with Crippen LogP contribution < -0.4 is 16.0 Å². The molecule has 2 heterocycles. The summed E-state index contributed by atoms with van der Waals surface area (Å²) in [5.41, 5.74) is 6.84. The van der Waals surface area contributed by atoms with Crippen molar-refractivity contribution in [3.8, 4) is 0 Å². The predicted molar refractivity (Wildman–Crippen MR) is 91.1 cm³/mol. The molecule has 2 atom stereocenters. The standard InChI is InChI=1S/C17H28N4O2/c1-12(2)8-15(18)17(22)20-10-14-4-5-16(19-9-14)21-6-7-23-13(3)11-21/h4-5,9,12-13,15H,6-8,10-11,18H2,1-3H3,(H,20,22)/t13?,15-/m0/s1. The van der Waals surface area contributed by atoms with E-state index in [0.717, 1.165) is 31.1 Å². The lowest BCUT2D eigenvalue weighted by Crippen LogP contribution is -2.41. The minimum absolute atomic E-state index is 0.107. The number of rotatable bonds is 6.